The van der Waals surface area contributed by atoms with Crippen LogP contribution >= 0.6 is 11.6 Å². The SMILES string of the molecule is Cc1cccc(Cl)c1NC(c1ccccc1)C(C)C. The van der Waals surface area contributed by atoms with Crippen molar-refractivity contribution in [1.29, 1.82) is 0 Å². The molecule has 1 unspecified atom stereocenters. The van der Waals surface area contributed by atoms with E-state index in [-0.39, 0.29) is 6.04 Å². The van der Waals surface area contributed by atoms with Crippen molar-refractivity contribution in [2.45, 2.75) is 26.8 Å². The summed E-state index contributed by atoms with van der Waals surface area (Å²) >= 11 is 6.30. The predicted molar refractivity (Wildman–Crippen MR) is 83.8 cm³/mol. The largest absolute Gasteiger partial charge is 0.377 e. The lowest BCUT2D eigenvalue weighted by atomic mass is 9.95. The highest BCUT2D eigenvalue weighted by molar-refractivity contribution is 6.33. The second-order valence-electron chi connectivity index (χ2n) is 5.21. The molecule has 1 N–H and O–H groups in total. The fraction of sp³-hybridized carbons (Fsp3) is 0.294. The average Bonchev–Trinajstić information content (AvgIpc) is 2.39. The number of hydrogen-bond donors (Lipinski definition) is 1. The molecular weight excluding hydrogens is 254 g/mol. The van der Waals surface area contributed by atoms with E-state index in [1.807, 2.05) is 18.2 Å². The molecule has 2 aromatic carbocycles. The van der Waals surface area contributed by atoms with Gasteiger partial charge in [-0.3, -0.25) is 0 Å². The van der Waals surface area contributed by atoms with Gasteiger partial charge in [0, 0.05) is 0 Å². The first-order chi connectivity index (χ1) is 9.09. The summed E-state index contributed by atoms with van der Waals surface area (Å²) in [5.41, 5.74) is 3.50. The lowest BCUT2D eigenvalue weighted by Crippen LogP contribution is -2.17. The van der Waals surface area contributed by atoms with Crippen LogP contribution < -0.4 is 5.32 Å². The van der Waals surface area contributed by atoms with Gasteiger partial charge in [0.05, 0.1) is 16.8 Å². The lowest BCUT2D eigenvalue weighted by Gasteiger charge is -2.25. The fourth-order valence-electron chi connectivity index (χ4n) is 2.27. The summed E-state index contributed by atoms with van der Waals surface area (Å²) in [7, 11) is 0. The van der Waals surface area contributed by atoms with Crippen LogP contribution in [-0.4, -0.2) is 0 Å². The fourth-order valence-corrected chi connectivity index (χ4v) is 2.54. The summed E-state index contributed by atoms with van der Waals surface area (Å²) in [5.74, 6) is 0.484. The van der Waals surface area contributed by atoms with Crippen LogP contribution in [0.15, 0.2) is 48.5 Å². The Hall–Kier alpha value is -1.47. The number of anilines is 1. The van der Waals surface area contributed by atoms with Crippen LogP contribution in [0.2, 0.25) is 5.02 Å². The first kappa shape index (κ1) is 14.0. The number of hydrogen-bond acceptors (Lipinski definition) is 1. The van der Waals surface area contributed by atoms with Gasteiger partial charge in [-0.05, 0) is 30.0 Å². The third-order valence-electron chi connectivity index (χ3n) is 3.35. The van der Waals surface area contributed by atoms with Gasteiger partial charge in [0.15, 0.2) is 0 Å². The number of benzene rings is 2. The van der Waals surface area contributed by atoms with Crippen molar-refractivity contribution in [3.05, 3.63) is 64.7 Å². The first-order valence-corrected chi connectivity index (χ1v) is 7.04. The van der Waals surface area contributed by atoms with Gasteiger partial charge in [0.1, 0.15) is 0 Å². The minimum atomic E-state index is 0.264. The van der Waals surface area contributed by atoms with Crippen molar-refractivity contribution in [1.82, 2.24) is 0 Å². The topological polar surface area (TPSA) is 12.0 Å². The first-order valence-electron chi connectivity index (χ1n) is 6.66. The van der Waals surface area contributed by atoms with E-state index in [1.54, 1.807) is 0 Å². The van der Waals surface area contributed by atoms with E-state index >= 15 is 0 Å². The maximum absolute atomic E-state index is 6.30. The van der Waals surface area contributed by atoms with Crippen LogP contribution in [0.5, 0.6) is 0 Å². The van der Waals surface area contributed by atoms with Gasteiger partial charge in [-0.1, -0.05) is 67.9 Å². The molecule has 0 aliphatic carbocycles. The average molecular weight is 274 g/mol. The summed E-state index contributed by atoms with van der Waals surface area (Å²) in [6, 6.07) is 16.8. The van der Waals surface area contributed by atoms with E-state index in [4.69, 9.17) is 11.6 Å². The summed E-state index contributed by atoms with van der Waals surface area (Å²) < 4.78 is 0. The van der Waals surface area contributed by atoms with E-state index in [0.29, 0.717) is 5.92 Å². The van der Waals surface area contributed by atoms with E-state index in [0.717, 1.165) is 10.7 Å². The van der Waals surface area contributed by atoms with Crippen LogP contribution in [0.3, 0.4) is 0 Å². The molecule has 100 valence electrons. The van der Waals surface area contributed by atoms with E-state index in [1.165, 1.54) is 11.1 Å². The van der Waals surface area contributed by atoms with Crippen LogP contribution in [0, 0.1) is 12.8 Å². The molecule has 0 aliphatic rings. The summed E-state index contributed by atoms with van der Waals surface area (Å²) in [5, 5.41) is 4.38. The molecule has 1 nitrogen and oxygen atoms in total. The molecule has 0 spiro atoms. The molecule has 2 aromatic rings. The number of aryl methyl sites for hydroxylation is 1. The maximum atomic E-state index is 6.30. The summed E-state index contributed by atoms with van der Waals surface area (Å²) in [4.78, 5) is 0. The third kappa shape index (κ3) is 3.30. The van der Waals surface area contributed by atoms with Crippen molar-refractivity contribution >= 4 is 17.3 Å². The van der Waals surface area contributed by atoms with Crippen molar-refractivity contribution in [3.8, 4) is 0 Å². The molecule has 19 heavy (non-hydrogen) atoms. The highest BCUT2D eigenvalue weighted by Crippen LogP contribution is 2.32. The van der Waals surface area contributed by atoms with Crippen molar-refractivity contribution in [2.24, 2.45) is 5.92 Å². The molecule has 2 rings (SSSR count). The normalized spacial score (nSPS) is 12.5. The van der Waals surface area contributed by atoms with Crippen LogP contribution in [0.4, 0.5) is 5.69 Å². The van der Waals surface area contributed by atoms with Crippen molar-refractivity contribution < 1.29 is 0 Å². The minimum absolute atomic E-state index is 0.264. The number of rotatable bonds is 4. The Labute approximate surface area is 120 Å². The Morgan fingerprint density at radius 3 is 2.21 bits per heavy atom. The Morgan fingerprint density at radius 2 is 1.63 bits per heavy atom. The smallest absolute Gasteiger partial charge is 0.0640 e. The zero-order valence-electron chi connectivity index (χ0n) is 11.7. The number of halogens is 1. The second-order valence-corrected chi connectivity index (χ2v) is 5.62. The molecule has 0 heterocycles. The lowest BCUT2D eigenvalue weighted by molar-refractivity contribution is 0.546. The summed E-state index contributed by atoms with van der Waals surface area (Å²) in [6.45, 7) is 6.52. The molecule has 0 aliphatic heterocycles. The molecule has 0 amide bonds. The zero-order valence-corrected chi connectivity index (χ0v) is 12.4. The van der Waals surface area contributed by atoms with Crippen LogP contribution in [-0.2, 0) is 0 Å². The minimum Gasteiger partial charge on any atom is -0.377 e. The number of nitrogens with one attached hydrogen (secondary N) is 1. The molecule has 2 heteroatoms. The van der Waals surface area contributed by atoms with Gasteiger partial charge in [-0.2, -0.15) is 0 Å². The molecule has 1 atom stereocenters. The third-order valence-corrected chi connectivity index (χ3v) is 3.66. The molecule has 0 bridgehead atoms. The highest BCUT2D eigenvalue weighted by atomic mass is 35.5. The maximum Gasteiger partial charge on any atom is 0.0640 e. The van der Waals surface area contributed by atoms with Gasteiger partial charge in [0.25, 0.3) is 0 Å². The molecular formula is C17H20ClN. The molecule has 0 aromatic heterocycles. The molecule has 0 radical (unpaired) electrons. The zero-order chi connectivity index (χ0) is 13.8. The monoisotopic (exact) mass is 273 g/mol. The molecule has 0 saturated heterocycles. The second kappa shape index (κ2) is 6.12. The highest BCUT2D eigenvalue weighted by Gasteiger charge is 2.17. The van der Waals surface area contributed by atoms with Crippen LogP contribution in [0.25, 0.3) is 0 Å². The Morgan fingerprint density at radius 1 is 0.947 bits per heavy atom. The Bertz CT molecular complexity index is 514. The van der Waals surface area contributed by atoms with E-state index < -0.39 is 0 Å². The quantitative estimate of drug-likeness (QED) is 0.780. The summed E-state index contributed by atoms with van der Waals surface area (Å²) in [6.07, 6.45) is 0. The van der Waals surface area contributed by atoms with Gasteiger partial charge in [-0.15, -0.1) is 0 Å². The Balaban J connectivity index is 2.33. The van der Waals surface area contributed by atoms with Gasteiger partial charge in [-0.25, -0.2) is 0 Å². The molecule has 0 fully saturated rings. The standard InChI is InChI=1S/C17H20ClN/c1-12(2)16(14-9-5-4-6-10-14)19-17-13(3)8-7-11-15(17)18/h4-12,16,19H,1-3H3. The van der Waals surface area contributed by atoms with Crippen molar-refractivity contribution in [2.75, 3.05) is 5.32 Å². The van der Waals surface area contributed by atoms with E-state index in [2.05, 4.69) is 56.4 Å². The van der Waals surface area contributed by atoms with Crippen molar-refractivity contribution in [3.63, 3.8) is 0 Å². The van der Waals surface area contributed by atoms with Crippen LogP contribution in [0.1, 0.15) is 31.0 Å². The van der Waals surface area contributed by atoms with E-state index in [9.17, 15) is 0 Å². The molecule has 0 saturated carbocycles. The number of para-hydroxylation sites is 1. The predicted octanol–water partition coefficient (Wildman–Crippen LogP) is 5.46. The van der Waals surface area contributed by atoms with Gasteiger partial charge in [0.2, 0.25) is 0 Å². The van der Waals surface area contributed by atoms with Gasteiger partial charge >= 0.3 is 0 Å². The Kier molecular flexibility index (Phi) is 4.49. The van der Waals surface area contributed by atoms with Gasteiger partial charge < -0.3 is 5.32 Å².